The van der Waals surface area contributed by atoms with E-state index in [1.165, 1.54) is 0 Å². The second-order valence-electron chi connectivity index (χ2n) is 7.45. The van der Waals surface area contributed by atoms with E-state index < -0.39 is 0 Å². The maximum atomic E-state index is 12.7. The molecule has 0 saturated heterocycles. The number of hydrogen-bond acceptors (Lipinski definition) is 3. The average Bonchev–Trinajstić information content (AvgIpc) is 2.78. The first-order chi connectivity index (χ1) is 15.0. The molecule has 1 unspecified atom stereocenters. The van der Waals surface area contributed by atoms with E-state index in [0.29, 0.717) is 17.3 Å². The molecule has 3 rings (SSSR count). The minimum Gasteiger partial charge on any atom is -0.484 e. The maximum absolute atomic E-state index is 12.7. The first-order valence-electron chi connectivity index (χ1n) is 10.4. The Bertz CT molecular complexity index is 1040. The molecule has 1 atom stereocenters. The third kappa shape index (κ3) is 6.46. The van der Waals surface area contributed by atoms with Crippen LogP contribution in [0.15, 0.2) is 66.7 Å². The van der Waals surface area contributed by atoms with Crippen molar-refractivity contribution in [2.24, 2.45) is 0 Å². The van der Waals surface area contributed by atoms with Gasteiger partial charge in [-0.05, 0) is 60.5 Å². The standard InChI is InChI=1S/C25H27ClN2O3/c1-3-18(2)28(25(30)17-31-23-12-9-21(26)10-13-23)15-14-24(29)27-22-11-8-19-6-4-5-7-20(19)16-22/h4-13,16,18H,3,14-15,17H2,1-2H3,(H,27,29). The zero-order valence-electron chi connectivity index (χ0n) is 17.8. The van der Waals surface area contributed by atoms with Crippen molar-refractivity contribution in [3.05, 3.63) is 71.8 Å². The van der Waals surface area contributed by atoms with E-state index in [1.807, 2.05) is 56.3 Å². The summed E-state index contributed by atoms with van der Waals surface area (Å²) < 4.78 is 5.59. The van der Waals surface area contributed by atoms with E-state index >= 15 is 0 Å². The van der Waals surface area contributed by atoms with Gasteiger partial charge in [0.25, 0.3) is 5.91 Å². The lowest BCUT2D eigenvalue weighted by Crippen LogP contribution is -2.42. The Balaban J connectivity index is 1.56. The summed E-state index contributed by atoms with van der Waals surface area (Å²) in [4.78, 5) is 27.0. The minimum atomic E-state index is -0.150. The third-order valence-electron chi connectivity index (χ3n) is 5.23. The van der Waals surface area contributed by atoms with E-state index in [0.717, 1.165) is 22.9 Å². The molecule has 31 heavy (non-hydrogen) atoms. The molecule has 162 valence electrons. The van der Waals surface area contributed by atoms with Gasteiger partial charge in [-0.25, -0.2) is 0 Å². The van der Waals surface area contributed by atoms with Crippen LogP contribution in [-0.2, 0) is 9.59 Å². The van der Waals surface area contributed by atoms with E-state index in [2.05, 4.69) is 5.32 Å². The number of fused-ring (bicyclic) bond motifs is 1. The average molecular weight is 439 g/mol. The zero-order valence-corrected chi connectivity index (χ0v) is 18.6. The Kier molecular flexibility index (Phi) is 7.90. The molecule has 0 saturated carbocycles. The van der Waals surface area contributed by atoms with Gasteiger partial charge in [0.2, 0.25) is 5.91 Å². The first kappa shape index (κ1) is 22.6. The Morgan fingerprint density at radius 3 is 2.45 bits per heavy atom. The van der Waals surface area contributed by atoms with Crippen LogP contribution in [0.5, 0.6) is 5.75 Å². The molecule has 1 N–H and O–H groups in total. The first-order valence-corrected chi connectivity index (χ1v) is 10.8. The molecule has 0 spiro atoms. The quantitative estimate of drug-likeness (QED) is 0.478. The number of ether oxygens (including phenoxy) is 1. The number of rotatable bonds is 9. The maximum Gasteiger partial charge on any atom is 0.260 e. The lowest BCUT2D eigenvalue weighted by molar-refractivity contribution is -0.135. The van der Waals surface area contributed by atoms with Crippen molar-refractivity contribution < 1.29 is 14.3 Å². The molecule has 0 aliphatic heterocycles. The summed E-state index contributed by atoms with van der Waals surface area (Å²) in [5.41, 5.74) is 0.746. The highest BCUT2D eigenvalue weighted by Gasteiger charge is 2.20. The van der Waals surface area contributed by atoms with Gasteiger partial charge in [-0.3, -0.25) is 9.59 Å². The lowest BCUT2D eigenvalue weighted by Gasteiger charge is -2.28. The van der Waals surface area contributed by atoms with Crippen molar-refractivity contribution in [1.82, 2.24) is 4.90 Å². The number of anilines is 1. The van der Waals surface area contributed by atoms with Crippen LogP contribution in [0.25, 0.3) is 10.8 Å². The van der Waals surface area contributed by atoms with Gasteiger partial charge in [-0.2, -0.15) is 0 Å². The second-order valence-corrected chi connectivity index (χ2v) is 7.88. The SMILES string of the molecule is CCC(C)N(CCC(=O)Nc1ccc2ccccc2c1)C(=O)COc1ccc(Cl)cc1. The Morgan fingerprint density at radius 2 is 1.74 bits per heavy atom. The van der Waals surface area contributed by atoms with Crippen LogP contribution in [0.4, 0.5) is 5.69 Å². The van der Waals surface area contributed by atoms with Crippen LogP contribution in [0.1, 0.15) is 26.7 Å². The van der Waals surface area contributed by atoms with Gasteiger partial charge in [0, 0.05) is 29.7 Å². The predicted molar refractivity (Wildman–Crippen MR) is 126 cm³/mol. The van der Waals surface area contributed by atoms with Crippen molar-refractivity contribution in [1.29, 1.82) is 0 Å². The Morgan fingerprint density at radius 1 is 1.03 bits per heavy atom. The molecule has 0 aliphatic carbocycles. The number of hydrogen-bond donors (Lipinski definition) is 1. The highest BCUT2D eigenvalue weighted by Crippen LogP contribution is 2.19. The molecule has 0 radical (unpaired) electrons. The number of nitrogens with zero attached hydrogens (tertiary/aromatic N) is 1. The number of carbonyl (C=O) groups excluding carboxylic acids is 2. The summed E-state index contributed by atoms with van der Waals surface area (Å²) in [6, 6.07) is 20.7. The van der Waals surface area contributed by atoms with Gasteiger partial charge in [-0.15, -0.1) is 0 Å². The van der Waals surface area contributed by atoms with E-state index in [9.17, 15) is 9.59 Å². The van der Waals surface area contributed by atoms with Crippen LogP contribution < -0.4 is 10.1 Å². The normalized spacial score (nSPS) is 11.7. The summed E-state index contributed by atoms with van der Waals surface area (Å²) >= 11 is 5.87. The van der Waals surface area contributed by atoms with Gasteiger partial charge >= 0.3 is 0 Å². The van der Waals surface area contributed by atoms with E-state index in [-0.39, 0.29) is 30.9 Å². The molecule has 0 aliphatic rings. The Hall–Kier alpha value is -3.05. The molecule has 6 heteroatoms. The van der Waals surface area contributed by atoms with Crippen LogP contribution in [0, 0.1) is 0 Å². The molecular formula is C25H27ClN2O3. The minimum absolute atomic E-state index is 0.00906. The topological polar surface area (TPSA) is 58.6 Å². The fourth-order valence-corrected chi connectivity index (χ4v) is 3.41. The van der Waals surface area contributed by atoms with Crippen molar-refractivity contribution in [3.8, 4) is 5.75 Å². The van der Waals surface area contributed by atoms with E-state index in [1.54, 1.807) is 29.2 Å². The molecule has 2 amide bonds. The molecule has 0 bridgehead atoms. The fourth-order valence-electron chi connectivity index (χ4n) is 3.28. The largest absolute Gasteiger partial charge is 0.484 e. The predicted octanol–water partition coefficient (Wildman–Crippen LogP) is 5.53. The highest BCUT2D eigenvalue weighted by molar-refractivity contribution is 6.30. The third-order valence-corrected chi connectivity index (χ3v) is 5.48. The molecular weight excluding hydrogens is 412 g/mol. The molecule has 3 aromatic rings. The monoisotopic (exact) mass is 438 g/mol. The van der Waals surface area contributed by atoms with Gasteiger partial charge in [0.1, 0.15) is 5.75 Å². The van der Waals surface area contributed by atoms with Crippen LogP contribution >= 0.6 is 11.6 Å². The molecule has 0 heterocycles. The van der Waals surface area contributed by atoms with Gasteiger partial charge in [0.05, 0.1) is 0 Å². The van der Waals surface area contributed by atoms with Gasteiger partial charge < -0.3 is 15.0 Å². The van der Waals surface area contributed by atoms with Crippen LogP contribution in [0.2, 0.25) is 5.02 Å². The van der Waals surface area contributed by atoms with Crippen molar-refractivity contribution in [2.75, 3.05) is 18.5 Å². The summed E-state index contributed by atoms with van der Waals surface area (Å²) in [6.07, 6.45) is 1.00. The fraction of sp³-hybridized carbons (Fsp3) is 0.280. The highest BCUT2D eigenvalue weighted by atomic mass is 35.5. The number of carbonyl (C=O) groups is 2. The summed E-state index contributed by atoms with van der Waals surface area (Å²) in [6.45, 7) is 4.23. The van der Waals surface area contributed by atoms with Gasteiger partial charge in [-0.1, -0.05) is 48.9 Å². The number of halogens is 1. The summed E-state index contributed by atoms with van der Waals surface area (Å²) in [7, 11) is 0. The van der Waals surface area contributed by atoms with E-state index in [4.69, 9.17) is 16.3 Å². The van der Waals surface area contributed by atoms with Crippen LogP contribution in [-0.4, -0.2) is 35.9 Å². The number of amides is 2. The lowest BCUT2D eigenvalue weighted by atomic mass is 10.1. The summed E-state index contributed by atoms with van der Waals surface area (Å²) in [5.74, 6) is 0.300. The molecule has 0 fully saturated rings. The van der Waals surface area contributed by atoms with Crippen LogP contribution in [0.3, 0.4) is 0 Å². The zero-order chi connectivity index (χ0) is 22.2. The molecule has 0 aromatic heterocycles. The van der Waals surface area contributed by atoms with Crippen molar-refractivity contribution >= 4 is 39.9 Å². The van der Waals surface area contributed by atoms with Gasteiger partial charge in [0.15, 0.2) is 6.61 Å². The Labute approximate surface area is 188 Å². The van der Waals surface area contributed by atoms with Crippen molar-refractivity contribution in [2.45, 2.75) is 32.7 Å². The smallest absolute Gasteiger partial charge is 0.260 e. The molecule has 3 aromatic carbocycles. The molecule has 5 nitrogen and oxygen atoms in total. The number of nitrogens with one attached hydrogen (secondary N) is 1. The second kappa shape index (κ2) is 10.8. The van der Waals surface area contributed by atoms with Crippen molar-refractivity contribution in [3.63, 3.8) is 0 Å². The summed E-state index contributed by atoms with van der Waals surface area (Å²) in [5, 5.41) is 5.72. The number of benzene rings is 3.